The fourth-order valence-electron chi connectivity index (χ4n) is 3.88. The van der Waals surface area contributed by atoms with Crippen molar-refractivity contribution >= 4 is 28.5 Å². The Kier molecular flexibility index (Phi) is 5.69. The van der Waals surface area contributed by atoms with Gasteiger partial charge in [-0.3, -0.25) is 19.3 Å². The third kappa shape index (κ3) is 4.08. The second-order valence-corrected chi connectivity index (χ2v) is 9.31. The van der Waals surface area contributed by atoms with Crippen molar-refractivity contribution in [3.05, 3.63) is 33.9 Å². The Morgan fingerprint density at radius 3 is 2.67 bits per heavy atom. The van der Waals surface area contributed by atoms with Gasteiger partial charge >= 0.3 is 11.9 Å². The minimum atomic E-state index is -0.983. The van der Waals surface area contributed by atoms with E-state index in [2.05, 4.69) is 0 Å². The summed E-state index contributed by atoms with van der Waals surface area (Å²) in [5.74, 6) is -1.94. The summed E-state index contributed by atoms with van der Waals surface area (Å²) < 4.78 is 32.5. The number of halogens is 1. The van der Waals surface area contributed by atoms with E-state index in [-0.39, 0.29) is 35.2 Å². The van der Waals surface area contributed by atoms with Crippen molar-refractivity contribution in [1.29, 1.82) is 0 Å². The van der Waals surface area contributed by atoms with Crippen LogP contribution < -0.4 is 25.8 Å². The topological polar surface area (TPSA) is 116 Å². The maximum atomic E-state index is 15.2. The van der Waals surface area contributed by atoms with Crippen LogP contribution in [-0.4, -0.2) is 56.3 Å². The van der Waals surface area contributed by atoms with Gasteiger partial charge in [0, 0.05) is 32.4 Å². The number of pyridine rings is 1. The van der Waals surface area contributed by atoms with Crippen molar-refractivity contribution in [2.45, 2.75) is 33.2 Å². The van der Waals surface area contributed by atoms with Gasteiger partial charge in [-0.2, -0.15) is 0 Å². The minimum absolute atomic E-state index is 0.0255. The number of hydrogen-bond acceptors (Lipinski definition) is 9. The zero-order valence-corrected chi connectivity index (χ0v) is 19.0. The number of carbonyl (C=O) groups excluding carboxylic acids is 2. The van der Waals surface area contributed by atoms with Crippen molar-refractivity contribution in [1.82, 2.24) is 4.68 Å². The lowest BCUT2D eigenvalue weighted by molar-refractivity contribution is -0.161. The molecule has 2 aliphatic heterocycles. The molecule has 1 atom stereocenters. The van der Waals surface area contributed by atoms with Crippen LogP contribution in [0.4, 0.5) is 10.1 Å². The van der Waals surface area contributed by atoms with E-state index in [1.807, 2.05) is 0 Å². The molecule has 0 spiro atoms. The van der Waals surface area contributed by atoms with Crippen molar-refractivity contribution in [2.24, 2.45) is 11.1 Å². The predicted octanol–water partition coefficient (Wildman–Crippen LogP) is 1.30. The number of ether oxygens (including phenoxy) is 3. The van der Waals surface area contributed by atoms with E-state index < -0.39 is 35.4 Å². The van der Waals surface area contributed by atoms with Gasteiger partial charge < -0.3 is 24.8 Å². The molecule has 0 radical (unpaired) electrons. The van der Waals surface area contributed by atoms with E-state index in [9.17, 15) is 14.4 Å². The van der Waals surface area contributed by atoms with Crippen LogP contribution in [0.15, 0.2) is 17.1 Å². The molecule has 2 aromatic rings. The summed E-state index contributed by atoms with van der Waals surface area (Å²) >= 11 is 0. The molecule has 0 aliphatic carbocycles. The number of nitrogens with two attached hydrogens (primary N) is 1. The predicted molar refractivity (Wildman–Crippen MR) is 118 cm³/mol. The van der Waals surface area contributed by atoms with E-state index in [4.69, 9.17) is 19.9 Å². The first kappa shape index (κ1) is 22.8. The van der Waals surface area contributed by atoms with Gasteiger partial charge in [0.25, 0.3) is 0 Å². The summed E-state index contributed by atoms with van der Waals surface area (Å²) in [6, 6.07) is 1.03. The van der Waals surface area contributed by atoms with E-state index in [0.717, 1.165) is 6.07 Å². The number of carbonyl (C=O) groups is 2. The molecule has 178 valence electrons. The Morgan fingerprint density at radius 1 is 1.30 bits per heavy atom. The van der Waals surface area contributed by atoms with E-state index >= 15 is 4.39 Å². The molecule has 3 heterocycles. The summed E-state index contributed by atoms with van der Waals surface area (Å²) in [5, 5.41) is 1.60. The lowest BCUT2D eigenvalue weighted by Crippen LogP contribution is -2.40. The second-order valence-electron chi connectivity index (χ2n) is 9.31. The largest absolute Gasteiger partial charge is 0.467 e. The van der Waals surface area contributed by atoms with Crippen LogP contribution in [0.25, 0.3) is 10.9 Å². The normalized spacial score (nSPS) is 17.8. The minimum Gasteiger partial charge on any atom is -0.467 e. The number of rotatable bonds is 4. The molecule has 2 aliphatic rings. The SMILES string of the molecule is CN1COc2c(N3CCC(N)C3)c(F)cc3c(=O)c(C(=O)OCOC(=O)C(C)(C)C)cn1c23. The van der Waals surface area contributed by atoms with E-state index in [0.29, 0.717) is 25.0 Å². The Bertz CT molecular complexity index is 1190. The summed E-state index contributed by atoms with van der Waals surface area (Å²) in [6.07, 6.45) is 2.04. The molecule has 0 saturated carbocycles. The number of benzene rings is 1. The van der Waals surface area contributed by atoms with Crippen molar-refractivity contribution < 1.29 is 28.2 Å². The van der Waals surface area contributed by atoms with Gasteiger partial charge in [-0.1, -0.05) is 0 Å². The maximum Gasteiger partial charge on any atom is 0.346 e. The van der Waals surface area contributed by atoms with Gasteiger partial charge in [0.15, 0.2) is 18.3 Å². The number of anilines is 1. The first-order valence-electron chi connectivity index (χ1n) is 10.6. The Morgan fingerprint density at radius 2 is 2.03 bits per heavy atom. The van der Waals surface area contributed by atoms with Gasteiger partial charge in [-0.05, 0) is 33.3 Å². The Hall–Kier alpha value is -3.34. The molecule has 11 heteroatoms. The standard InChI is InChI=1S/C22H27FN4O6/c1-22(2,3)21(30)33-11-32-20(29)14-9-27-16-13(18(14)28)7-15(23)17(19(16)31-10-25(27)4)26-6-5-12(24)8-26/h7,9,12H,5-6,8,10-11,24H2,1-4H3. The summed E-state index contributed by atoms with van der Waals surface area (Å²) in [4.78, 5) is 39.4. The van der Waals surface area contributed by atoms with Crippen LogP contribution in [0.2, 0.25) is 0 Å². The average Bonchev–Trinajstić information content (AvgIpc) is 3.16. The highest BCUT2D eigenvalue weighted by Gasteiger charge is 2.32. The summed E-state index contributed by atoms with van der Waals surface area (Å²) in [7, 11) is 1.70. The molecule has 1 saturated heterocycles. The highest BCUT2D eigenvalue weighted by Crippen LogP contribution is 2.41. The highest BCUT2D eigenvalue weighted by molar-refractivity contribution is 5.98. The van der Waals surface area contributed by atoms with E-state index in [1.54, 1.807) is 42.4 Å². The van der Waals surface area contributed by atoms with Gasteiger partial charge in [-0.25, -0.2) is 9.18 Å². The lowest BCUT2D eigenvalue weighted by Gasteiger charge is -2.33. The highest BCUT2D eigenvalue weighted by atomic mass is 19.1. The van der Waals surface area contributed by atoms with E-state index in [1.165, 1.54) is 6.20 Å². The fraction of sp³-hybridized carbons (Fsp3) is 0.500. The molecule has 1 aromatic heterocycles. The molecular formula is C22H27FN4O6. The number of hydrogen-bond donors (Lipinski definition) is 1. The van der Waals surface area contributed by atoms with Crippen molar-refractivity contribution in [3.8, 4) is 5.75 Å². The second kappa shape index (κ2) is 8.22. The number of nitrogens with zero attached hydrogens (tertiary/aromatic N) is 3. The van der Waals surface area contributed by atoms with Crippen LogP contribution in [0.5, 0.6) is 5.75 Å². The zero-order chi connectivity index (χ0) is 24.1. The number of aromatic nitrogens is 1. The number of esters is 2. The molecule has 1 fully saturated rings. The van der Waals surface area contributed by atoms with Crippen LogP contribution in [0.1, 0.15) is 37.6 Å². The molecule has 10 nitrogen and oxygen atoms in total. The lowest BCUT2D eigenvalue weighted by atomic mass is 9.98. The van der Waals surface area contributed by atoms with Crippen LogP contribution in [-0.2, 0) is 14.3 Å². The van der Waals surface area contributed by atoms with Crippen LogP contribution in [0, 0.1) is 11.2 Å². The molecule has 33 heavy (non-hydrogen) atoms. The summed E-state index contributed by atoms with van der Waals surface area (Å²) in [5.41, 5.74) is 4.79. The Labute approximate surface area is 189 Å². The van der Waals surface area contributed by atoms with Gasteiger partial charge in [-0.15, -0.1) is 0 Å². The van der Waals surface area contributed by atoms with Crippen molar-refractivity contribution in [3.63, 3.8) is 0 Å². The average molecular weight is 462 g/mol. The zero-order valence-electron chi connectivity index (χ0n) is 19.0. The van der Waals surface area contributed by atoms with Crippen LogP contribution >= 0.6 is 0 Å². The third-order valence-corrected chi connectivity index (χ3v) is 5.67. The molecule has 1 unspecified atom stereocenters. The molecule has 4 rings (SSSR count). The maximum absolute atomic E-state index is 15.2. The first-order chi connectivity index (χ1) is 15.5. The summed E-state index contributed by atoms with van der Waals surface area (Å²) in [6.45, 7) is 5.44. The van der Waals surface area contributed by atoms with Gasteiger partial charge in [0.1, 0.15) is 16.8 Å². The quantitative estimate of drug-likeness (QED) is 0.530. The smallest absolute Gasteiger partial charge is 0.346 e. The van der Waals surface area contributed by atoms with Gasteiger partial charge in [0.05, 0.1) is 10.8 Å². The van der Waals surface area contributed by atoms with Gasteiger partial charge in [0.2, 0.25) is 12.2 Å². The Balaban J connectivity index is 1.73. The third-order valence-electron chi connectivity index (χ3n) is 5.67. The first-order valence-corrected chi connectivity index (χ1v) is 10.6. The van der Waals surface area contributed by atoms with Crippen LogP contribution in [0.3, 0.4) is 0 Å². The molecule has 1 aromatic carbocycles. The van der Waals surface area contributed by atoms with Crippen molar-refractivity contribution in [2.75, 3.05) is 43.6 Å². The molecule has 0 amide bonds. The monoisotopic (exact) mass is 462 g/mol. The molecular weight excluding hydrogens is 435 g/mol. The molecule has 0 bridgehead atoms. The molecule has 2 N–H and O–H groups in total. The fourth-order valence-corrected chi connectivity index (χ4v) is 3.88.